The fourth-order valence-electron chi connectivity index (χ4n) is 1.56. The Kier molecular flexibility index (Phi) is 4.08. The number of carbonyl (C=O) groups excluding carboxylic acids is 1. The lowest BCUT2D eigenvalue weighted by Crippen LogP contribution is -1.93. The maximum Gasteiger partial charge on any atom is 0.345 e. The number of nitrogens with zero attached hydrogens (tertiary/aromatic N) is 1. The monoisotopic (exact) mass is 283 g/mol. The molecule has 0 amide bonds. The van der Waals surface area contributed by atoms with Gasteiger partial charge in [0.05, 0.1) is 11.6 Å². The van der Waals surface area contributed by atoms with Gasteiger partial charge in [0, 0.05) is 10.9 Å². The SMILES string of the molecule is N#Cc1cccc(/C=C/C(=O)c2csc(C(=O)O)c2)c1. The minimum absolute atomic E-state index is 0.133. The Hall–Kier alpha value is -2.71. The zero-order valence-corrected chi connectivity index (χ0v) is 11.1. The maximum atomic E-state index is 11.9. The molecule has 0 radical (unpaired) electrons. The Bertz CT molecular complexity index is 738. The molecular formula is C15H9NO3S. The zero-order chi connectivity index (χ0) is 14.5. The Morgan fingerprint density at radius 1 is 1.30 bits per heavy atom. The highest BCUT2D eigenvalue weighted by atomic mass is 32.1. The van der Waals surface area contributed by atoms with Gasteiger partial charge in [-0.25, -0.2) is 4.79 Å². The van der Waals surface area contributed by atoms with Crippen molar-refractivity contribution in [2.24, 2.45) is 0 Å². The van der Waals surface area contributed by atoms with E-state index in [9.17, 15) is 9.59 Å². The molecule has 0 aliphatic rings. The van der Waals surface area contributed by atoms with Crippen molar-refractivity contribution in [1.82, 2.24) is 0 Å². The zero-order valence-electron chi connectivity index (χ0n) is 10.2. The van der Waals surface area contributed by atoms with Crippen molar-refractivity contribution in [3.8, 4) is 6.07 Å². The summed E-state index contributed by atoms with van der Waals surface area (Å²) in [6, 6.07) is 10.2. The van der Waals surface area contributed by atoms with E-state index in [1.54, 1.807) is 30.3 Å². The summed E-state index contributed by atoms with van der Waals surface area (Å²) < 4.78 is 0. The molecule has 0 aliphatic carbocycles. The third-order valence-corrected chi connectivity index (χ3v) is 3.46. The molecule has 0 spiro atoms. The molecule has 4 nitrogen and oxygen atoms in total. The summed E-state index contributed by atoms with van der Waals surface area (Å²) in [6.45, 7) is 0. The molecule has 0 fully saturated rings. The van der Waals surface area contributed by atoms with E-state index >= 15 is 0 Å². The lowest BCUT2D eigenvalue weighted by Gasteiger charge is -1.93. The van der Waals surface area contributed by atoms with Crippen LogP contribution in [0.15, 0.2) is 41.8 Å². The molecule has 0 saturated carbocycles. The van der Waals surface area contributed by atoms with Crippen molar-refractivity contribution in [3.05, 3.63) is 63.4 Å². The van der Waals surface area contributed by atoms with Crippen LogP contribution in [0.25, 0.3) is 6.08 Å². The van der Waals surface area contributed by atoms with E-state index in [1.165, 1.54) is 17.5 Å². The number of benzene rings is 1. The summed E-state index contributed by atoms with van der Waals surface area (Å²) in [5, 5.41) is 19.1. The third-order valence-electron chi connectivity index (χ3n) is 2.54. The van der Waals surface area contributed by atoms with Gasteiger partial charge in [-0.15, -0.1) is 11.3 Å². The van der Waals surface area contributed by atoms with Crippen molar-refractivity contribution in [2.45, 2.75) is 0 Å². The molecule has 0 aliphatic heterocycles. The normalized spacial score (nSPS) is 10.3. The van der Waals surface area contributed by atoms with Gasteiger partial charge in [-0.05, 0) is 29.8 Å². The molecule has 5 heteroatoms. The molecular weight excluding hydrogens is 274 g/mol. The van der Waals surface area contributed by atoms with Crippen LogP contribution in [0.1, 0.15) is 31.2 Å². The topological polar surface area (TPSA) is 78.2 Å². The molecule has 0 bridgehead atoms. The van der Waals surface area contributed by atoms with Gasteiger partial charge in [0.15, 0.2) is 5.78 Å². The number of carbonyl (C=O) groups is 2. The first-order valence-electron chi connectivity index (χ1n) is 5.64. The number of carboxylic acids is 1. The summed E-state index contributed by atoms with van der Waals surface area (Å²) in [5.74, 6) is -1.31. The van der Waals surface area contributed by atoms with Crippen LogP contribution < -0.4 is 0 Å². The largest absolute Gasteiger partial charge is 0.477 e. The van der Waals surface area contributed by atoms with E-state index in [0.717, 1.165) is 16.9 Å². The Labute approximate surface area is 119 Å². The highest BCUT2D eigenvalue weighted by Crippen LogP contribution is 2.16. The number of allylic oxidation sites excluding steroid dienone is 1. The Morgan fingerprint density at radius 2 is 2.10 bits per heavy atom. The molecule has 0 unspecified atom stereocenters. The summed E-state index contributed by atoms with van der Waals surface area (Å²) in [7, 11) is 0. The van der Waals surface area contributed by atoms with Gasteiger partial charge in [0.1, 0.15) is 4.88 Å². The van der Waals surface area contributed by atoms with Gasteiger partial charge in [-0.2, -0.15) is 5.26 Å². The molecule has 0 atom stereocenters. The number of ketones is 1. The van der Waals surface area contributed by atoms with Crippen LogP contribution >= 0.6 is 11.3 Å². The van der Waals surface area contributed by atoms with Crippen molar-refractivity contribution >= 4 is 29.2 Å². The second-order valence-electron chi connectivity index (χ2n) is 3.94. The van der Waals surface area contributed by atoms with E-state index in [2.05, 4.69) is 0 Å². The molecule has 0 saturated heterocycles. The summed E-state index contributed by atoms with van der Waals surface area (Å²) in [4.78, 5) is 22.7. The lowest BCUT2D eigenvalue weighted by molar-refractivity contribution is 0.0702. The van der Waals surface area contributed by atoms with Gasteiger partial charge < -0.3 is 5.11 Å². The van der Waals surface area contributed by atoms with E-state index in [1.807, 2.05) is 6.07 Å². The number of nitriles is 1. The molecule has 98 valence electrons. The van der Waals surface area contributed by atoms with Crippen molar-refractivity contribution in [2.75, 3.05) is 0 Å². The van der Waals surface area contributed by atoms with E-state index in [0.29, 0.717) is 11.1 Å². The average Bonchev–Trinajstić information content (AvgIpc) is 2.95. The molecule has 20 heavy (non-hydrogen) atoms. The Balaban J connectivity index is 2.16. The first-order valence-corrected chi connectivity index (χ1v) is 6.52. The van der Waals surface area contributed by atoms with Crippen LogP contribution in [0.5, 0.6) is 0 Å². The molecule has 2 aromatic rings. The number of hydrogen-bond donors (Lipinski definition) is 1. The fraction of sp³-hybridized carbons (Fsp3) is 0. The minimum atomic E-state index is -1.04. The number of rotatable bonds is 4. The van der Waals surface area contributed by atoms with Gasteiger partial charge in [-0.3, -0.25) is 4.79 Å². The maximum absolute atomic E-state index is 11.9. The minimum Gasteiger partial charge on any atom is -0.477 e. The first-order chi connectivity index (χ1) is 9.60. The van der Waals surface area contributed by atoms with Crippen LogP contribution in [0.2, 0.25) is 0 Å². The average molecular weight is 283 g/mol. The van der Waals surface area contributed by atoms with Crippen LogP contribution in [0.3, 0.4) is 0 Å². The smallest absolute Gasteiger partial charge is 0.345 e. The van der Waals surface area contributed by atoms with E-state index < -0.39 is 5.97 Å². The van der Waals surface area contributed by atoms with Crippen LogP contribution in [0, 0.1) is 11.3 Å². The molecule has 1 aromatic carbocycles. The molecule has 1 heterocycles. The van der Waals surface area contributed by atoms with Gasteiger partial charge in [-0.1, -0.05) is 18.2 Å². The Morgan fingerprint density at radius 3 is 2.75 bits per heavy atom. The van der Waals surface area contributed by atoms with E-state index in [-0.39, 0.29) is 10.7 Å². The van der Waals surface area contributed by atoms with Gasteiger partial charge in [0.2, 0.25) is 0 Å². The number of hydrogen-bond acceptors (Lipinski definition) is 4. The van der Waals surface area contributed by atoms with Crippen LogP contribution in [0.4, 0.5) is 0 Å². The highest BCUT2D eigenvalue weighted by Gasteiger charge is 2.10. The number of carboxylic acid groups (broad SMARTS) is 1. The van der Waals surface area contributed by atoms with Gasteiger partial charge >= 0.3 is 5.97 Å². The quantitative estimate of drug-likeness (QED) is 0.690. The third kappa shape index (κ3) is 3.19. The molecule has 2 rings (SSSR count). The van der Waals surface area contributed by atoms with Crippen molar-refractivity contribution < 1.29 is 14.7 Å². The van der Waals surface area contributed by atoms with E-state index in [4.69, 9.17) is 10.4 Å². The summed E-state index contributed by atoms with van der Waals surface area (Å²) in [5.41, 5.74) is 1.61. The van der Waals surface area contributed by atoms with Crippen LogP contribution in [-0.2, 0) is 0 Å². The predicted octanol–water partition coefficient (Wildman–Crippen LogP) is 3.21. The van der Waals surface area contributed by atoms with Crippen molar-refractivity contribution in [1.29, 1.82) is 5.26 Å². The van der Waals surface area contributed by atoms with Crippen LogP contribution in [-0.4, -0.2) is 16.9 Å². The fourth-order valence-corrected chi connectivity index (χ4v) is 2.29. The number of thiophene rings is 1. The lowest BCUT2D eigenvalue weighted by atomic mass is 10.1. The predicted molar refractivity (Wildman–Crippen MR) is 75.8 cm³/mol. The highest BCUT2D eigenvalue weighted by molar-refractivity contribution is 7.12. The second-order valence-corrected chi connectivity index (χ2v) is 4.85. The molecule has 1 aromatic heterocycles. The second kappa shape index (κ2) is 5.95. The standard InChI is InChI=1S/C15H9NO3S/c16-8-11-3-1-2-10(6-11)4-5-13(17)12-7-14(15(18)19)20-9-12/h1-7,9H,(H,18,19)/b5-4+. The first kappa shape index (κ1) is 13.7. The van der Waals surface area contributed by atoms with Gasteiger partial charge in [0.25, 0.3) is 0 Å². The number of aromatic carboxylic acids is 1. The molecule has 1 N–H and O–H groups in total. The summed E-state index contributed by atoms with van der Waals surface area (Å²) >= 11 is 1.02. The summed E-state index contributed by atoms with van der Waals surface area (Å²) in [6.07, 6.45) is 2.96. The van der Waals surface area contributed by atoms with Crippen molar-refractivity contribution in [3.63, 3.8) is 0 Å².